The summed E-state index contributed by atoms with van der Waals surface area (Å²) in [6.45, 7) is 2.38. The Bertz CT molecular complexity index is 2500. The minimum Gasteiger partial charge on any atom is -0.0838 e. The fourth-order valence-electron chi connectivity index (χ4n) is 9.23. The smallest absolute Gasteiger partial charge is 0.0275 e. The van der Waals surface area contributed by atoms with E-state index in [0.717, 1.165) is 32.1 Å². The molecular weight excluding hydrogens is 589 g/mol. The summed E-state index contributed by atoms with van der Waals surface area (Å²) in [4.78, 5) is 0. The summed E-state index contributed by atoms with van der Waals surface area (Å²) < 4.78 is 0. The van der Waals surface area contributed by atoms with Gasteiger partial charge in [0.2, 0.25) is 0 Å². The SMILES string of the molecule is Cc1c(-c2cc3c(cc2-c2ccccc2)CC=C2C4=C(C=CC23)CC=CC4)c(-c2ccccc2)cc2ccc3c4c(ccc3c12)CC=CC4. The standard InChI is InChI=1S/C49H38/c1-31-48-37(23-26-41-39-19-11-9-17-35(39)21-27-43(41)48)29-46(33-14-6-3-7-15-33)49(31)47-30-45-36(28-44(47)32-12-4-2-5-13-32)22-25-40-38-18-10-8-16-34(38)20-24-42(40)45/h2-15,20-21,23-30,42H,16-19,22H2,1H3. The lowest BCUT2D eigenvalue weighted by atomic mass is 9.71. The van der Waals surface area contributed by atoms with Crippen LogP contribution in [0.3, 0.4) is 0 Å². The number of fused-ring (bicyclic) bond motifs is 9. The maximum Gasteiger partial charge on any atom is 0.0275 e. The molecule has 0 heteroatoms. The van der Waals surface area contributed by atoms with E-state index in [0.29, 0.717) is 5.92 Å². The van der Waals surface area contributed by atoms with Crippen LogP contribution in [-0.2, 0) is 19.3 Å². The Morgan fingerprint density at radius 1 is 0.571 bits per heavy atom. The molecule has 0 radical (unpaired) electrons. The second-order valence-electron chi connectivity index (χ2n) is 14.2. The molecule has 0 heterocycles. The molecule has 1 atom stereocenters. The summed E-state index contributed by atoms with van der Waals surface area (Å²) in [5.74, 6) is 0.291. The Morgan fingerprint density at radius 2 is 1.31 bits per heavy atom. The van der Waals surface area contributed by atoms with Crippen molar-refractivity contribution in [3.8, 4) is 33.4 Å². The Balaban J connectivity index is 1.28. The molecule has 1 unspecified atom stereocenters. The van der Waals surface area contributed by atoms with Gasteiger partial charge in [-0.1, -0.05) is 127 Å². The maximum absolute atomic E-state index is 2.59. The molecule has 0 N–H and O–H groups in total. The zero-order valence-corrected chi connectivity index (χ0v) is 28.0. The number of hydrogen-bond acceptors (Lipinski definition) is 0. The fourth-order valence-corrected chi connectivity index (χ4v) is 9.23. The van der Waals surface area contributed by atoms with Crippen LogP contribution in [0.15, 0.2) is 162 Å². The highest BCUT2D eigenvalue weighted by Gasteiger charge is 2.30. The van der Waals surface area contributed by atoms with Crippen LogP contribution in [0.2, 0.25) is 0 Å². The van der Waals surface area contributed by atoms with Crippen LogP contribution in [0, 0.1) is 6.92 Å². The Hall–Kier alpha value is -5.46. The Morgan fingerprint density at radius 3 is 2.14 bits per heavy atom. The molecule has 0 nitrogen and oxygen atoms in total. The number of aryl methyl sites for hydroxylation is 1. The molecule has 0 aromatic heterocycles. The van der Waals surface area contributed by atoms with Crippen molar-refractivity contribution in [1.29, 1.82) is 0 Å². The molecule has 0 amide bonds. The molecule has 6 aromatic carbocycles. The summed E-state index contributed by atoms with van der Waals surface area (Å²) >= 11 is 0. The molecule has 0 fully saturated rings. The predicted octanol–water partition coefficient (Wildman–Crippen LogP) is 12.7. The third kappa shape index (κ3) is 4.51. The van der Waals surface area contributed by atoms with Crippen molar-refractivity contribution in [2.75, 3.05) is 0 Å². The lowest BCUT2D eigenvalue weighted by Gasteiger charge is -2.33. The van der Waals surface area contributed by atoms with Gasteiger partial charge >= 0.3 is 0 Å². The monoisotopic (exact) mass is 626 g/mol. The predicted molar refractivity (Wildman–Crippen MR) is 208 cm³/mol. The number of hydrogen-bond donors (Lipinski definition) is 0. The van der Waals surface area contributed by atoms with Gasteiger partial charge in [-0.15, -0.1) is 0 Å². The molecule has 0 saturated heterocycles. The first-order valence-electron chi connectivity index (χ1n) is 17.9. The molecule has 49 heavy (non-hydrogen) atoms. The van der Waals surface area contributed by atoms with E-state index in [1.807, 2.05) is 0 Å². The van der Waals surface area contributed by atoms with E-state index in [1.54, 1.807) is 5.57 Å². The summed E-state index contributed by atoms with van der Waals surface area (Å²) in [5.41, 5.74) is 19.6. The fraction of sp³-hybridized carbons (Fsp3) is 0.143. The van der Waals surface area contributed by atoms with Gasteiger partial charge in [-0.05, 0) is 157 Å². The highest BCUT2D eigenvalue weighted by Crippen LogP contribution is 2.50. The minimum absolute atomic E-state index is 0.291. The van der Waals surface area contributed by atoms with Crippen molar-refractivity contribution in [3.05, 3.63) is 190 Å². The second kappa shape index (κ2) is 11.3. The van der Waals surface area contributed by atoms with E-state index in [9.17, 15) is 0 Å². The summed E-state index contributed by atoms with van der Waals surface area (Å²) in [7, 11) is 0. The third-order valence-electron chi connectivity index (χ3n) is 11.6. The lowest BCUT2D eigenvalue weighted by molar-refractivity contribution is 0.876. The topological polar surface area (TPSA) is 0 Å². The molecule has 0 aliphatic heterocycles. The zero-order valence-electron chi connectivity index (χ0n) is 28.0. The van der Waals surface area contributed by atoms with E-state index >= 15 is 0 Å². The highest BCUT2D eigenvalue weighted by atomic mass is 14.3. The van der Waals surface area contributed by atoms with Gasteiger partial charge in [0.1, 0.15) is 0 Å². The van der Waals surface area contributed by atoms with Gasteiger partial charge in [-0.25, -0.2) is 0 Å². The highest BCUT2D eigenvalue weighted by molar-refractivity contribution is 6.15. The van der Waals surface area contributed by atoms with Gasteiger partial charge in [0, 0.05) is 5.92 Å². The molecule has 10 rings (SSSR count). The van der Waals surface area contributed by atoms with Crippen molar-refractivity contribution in [3.63, 3.8) is 0 Å². The third-order valence-corrected chi connectivity index (χ3v) is 11.6. The molecule has 0 bridgehead atoms. The van der Waals surface area contributed by atoms with Gasteiger partial charge in [0.05, 0.1) is 0 Å². The van der Waals surface area contributed by atoms with Crippen molar-refractivity contribution in [1.82, 2.24) is 0 Å². The zero-order chi connectivity index (χ0) is 32.5. The van der Waals surface area contributed by atoms with E-state index in [-0.39, 0.29) is 0 Å². The summed E-state index contributed by atoms with van der Waals surface area (Å²) in [5, 5.41) is 5.46. The van der Waals surface area contributed by atoms with Crippen molar-refractivity contribution < 1.29 is 0 Å². The molecule has 6 aromatic rings. The molecular formula is C49H38. The van der Waals surface area contributed by atoms with Crippen molar-refractivity contribution >= 4 is 21.5 Å². The van der Waals surface area contributed by atoms with Crippen LogP contribution in [-0.4, -0.2) is 0 Å². The minimum atomic E-state index is 0.291. The summed E-state index contributed by atoms with van der Waals surface area (Å²) in [6.07, 6.45) is 21.9. The van der Waals surface area contributed by atoms with Gasteiger partial charge in [-0.2, -0.15) is 0 Å². The largest absolute Gasteiger partial charge is 0.0838 e. The van der Waals surface area contributed by atoms with Crippen LogP contribution < -0.4 is 0 Å². The lowest BCUT2D eigenvalue weighted by Crippen LogP contribution is -2.16. The van der Waals surface area contributed by atoms with E-state index in [4.69, 9.17) is 0 Å². The first-order valence-corrected chi connectivity index (χ1v) is 17.9. The van der Waals surface area contributed by atoms with Gasteiger partial charge in [0.15, 0.2) is 0 Å². The Labute approximate surface area is 289 Å². The van der Waals surface area contributed by atoms with Crippen LogP contribution in [0.5, 0.6) is 0 Å². The molecule has 0 saturated carbocycles. The Kier molecular flexibility index (Phi) is 6.59. The summed E-state index contributed by atoms with van der Waals surface area (Å²) in [6, 6.07) is 39.2. The van der Waals surface area contributed by atoms with Crippen LogP contribution in [0.4, 0.5) is 0 Å². The normalized spacial score (nSPS) is 17.5. The van der Waals surface area contributed by atoms with Crippen LogP contribution >= 0.6 is 0 Å². The molecule has 0 spiro atoms. The van der Waals surface area contributed by atoms with E-state index < -0.39 is 0 Å². The number of allylic oxidation sites excluding steroid dienone is 10. The average Bonchev–Trinajstić information content (AvgIpc) is 3.17. The first kappa shape index (κ1) is 28.5. The second-order valence-corrected chi connectivity index (χ2v) is 14.2. The van der Waals surface area contributed by atoms with Crippen LogP contribution in [0.1, 0.15) is 46.6 Å². The van der Waals surface area contributed by atoms with Crippen molar-refractivity contribution in [2.24, 2.45) is 0 Å². The van der Waals surface area contributed by atoms with Gasteiger partial charge in [0.25, 0.3) is 0 Å². The first-order chi connectivity index (χ1) is 24.2. The average molecular weight is 627 g/mol. The molecule has 234 valence electrons. The number of rotatable bonds is 3. The van der Waals surface area contributed by atoms with E-state index in [2.05, 4.69) is 153 Å². The molecule has 4 aliphatic rings. The van der Waals surface area contributed by atoms with Gasteiger partial charge < -0.3 is 0 Å². The van der Waals surface area contributed by atoms with Gasteiger partial charge in [-0.3, -0.25) is 0 Å². The number of benzene rings is 6. The van der Waals surface area contributed by atoms with E-state index in [1.165, 1.54) is 93.9 Å². The van der Waals surface area contributed by atoms with Crippen molar-refractivity contribution in [2.45, 2.75) is 44.9 Å². The maximum atomic E-state index is 2.59. The van der Waals surface area contributed by atoms with Crippen LogP contribution in [0.25, 0.3) is 54.9 Å². The molecule has 4 aliphatic carbocycles. The quantitative estimate of drug-likeness (QED) is 0.135.